The summed E-state index contributed by atoms with van der Waals surface area (Å²) in [4.78, 5) is 47.1. The molecule has 4 amide bonds. The summed E-state index contributed by atoms with van der Waals surface area (Å²) in [6.07, 6.45) is 3.79. The zero-order valence-corrected chi connectivity index (χ0v) is 13.2. The fourth-order valence-corrected chi connectivity index (χ4v) is 2.95. The molecule has 0 bridgehead atoms. The number of hydrogen-bond acceptors (Lipinski definition) is 5. The Labute approximate surface area is 133 Å². The number of nitrogens with one attached hydrogen (secondary N) is 2. The van der Waals surface area contributed by atoms with Gasteiger partial charge in [-0.3, -0.25) is 24.1 Å². The van der Waals surface area contributed by atoms with Crippen molar-refractivity contribution in [1.82, 2.24) is 15.5 Å². The van der Waals surface area contributed by atoms with Crippen LogP contribution in [0.3, 0.4) is 0 Å². The molecule has 122 valence electrons. The van der Waals surface area contributed by atoms with Gasteiger partial charge in [0.25, 0.3) is 0 Å². The summed E-state index contributed by atoms with van der Waals surface area (Å²) in [5.41, 5.74) is 0. The third-order valence-electron chi connectivity index (χ3n) is 3.75. The molecule has 0 aromatic rings. The minimum Gasteiger partial charge on any atom is -0.354 e. The van der Waals surface area contributed by atoms with Crippen molar-refractivity contribution in [2.45, 2.75) is 38.1 Å². The second-order valence-electron chi connectivity index (χ2n) is 5.48. The topological polar surface area (TPSA) is 95.6 Å². The molecule has 2 aliphatic rings. The highest BCUT2D eigenvalue weighted by Crippen LogP contribution is 2.18. The van der Waals surface area contributed by atoms with E-state index in [0.29, 0.717) is 6.04 Å². The van der Waals surface area contributed by atoms with Crippen LogP contribution >= 0.6 is 11.8 Å². The number of carbonyl (C=O) groups is 4. The van der Waals surface area contributed by atoms with Crippen molar-refractivity contribution in [3.8, 4) is 0 Å². The van der Waals surface area contributed by atoms with Crippen molar-refractivity contribution in [3.05, 3.63) is 0 Å². The van der Waals surface area contributed by atoms with Gasteiger partial charge in [0.15, 0.2) is 0 Å². The first-order chi connectivity index (χ1) is 10.6. The Bertz CT molecular complexity index is 449. The number of likely N-dealkylation sites (tertiary alicyclic amines) is 1. The van der Waals surface area contributed by atoms with E-state index in [1.807, 2.05) is 0 Å². The molecule has 1 aliphatic carbocycles. The van der Waals surface area contributed by atoms with E-state index in [4.69, 9.17) is 0 Å². The van der Waals surface area contributed by atoms with Crippen LogP contribution in [-0.2, 0) is 19.2 Å². The quantitative estimate of drug-likeness (QED) is 0.594. The average Bonchev–Trinajstić information content (AvgIpc) is 2.74. The van der Waals surface area contributed by atoms with Gasteiger partial charge < -0.3 is 10.6 Å². The lowest BCUT2D eigenvalue weighted by Gasteiger charge is -2.26. The molecule has 1 aliphatic heterocycles. The maximum absolute atomic E-state index is 11.6. The van der Waals surface area contributed by atoms with Crippen molar-refractivity contribution in [2.75, 3.05) is 24.6 Å². The smallest absolute Gasteiger partial charge is 0.230 e. The molecule has 2 rings (SSSR count). The summed E-state index contributed by atoms with van der Waals surface area (Å²) < 4.78 is 0. The van der Waals surface area contributed by atoms with E-state index in [2.05, 4.69) is 10.6 Å². The average molecular weight is 327 g/mol. The second-order valence-corrected chi connectivity index (χ2v) is 6.46. The molecule has 0 radical (unpaired) electrons. The molecule has 1 heterocycles. The first kappa shape index (κ1) is 16.8. The third-order valence-corrected chi connectivity index (χ3v) is 4.68. The molecule has 0 aromatic heterocycles. The van der Waals surface area contributed by atoms with Crippen LogP contribution in [-0.4, -0.2) is 59.2 Å². The fraction of sp³-hybridized carbons (Fsp3) is 0.714. The minimum atomic E-state index is -0.194. The Morgan fingerprint density at radius 2 is 1.73 bits per heavy atom. The summed E-state index contributed by atoms with van der Waals surface area (Å²) in [6.45, 7) is 0.474. The largest absolute Gasteiger partial charge is 0.354 e. The number of hydrogen-bond donors (Lipinski definition) is 2. The molecule has 2 N–H and O–H groups in total. The van der Waals surface area contributed by atoms with Gasteiger partial charge in [-0.1, -0.05) is 0 Å². The molecule has 0 aromatic carbocycles. The zero-order valence-electron chi connectivity index (χ0n) is 12.4. The Balaban J connectivity index is 1.51. The molecular weight excluding hydrogens is 306 g/mol. The van der Waals surface area contributed by atoms with E-state index in [1.165, 1.54) is 23.1 Å². The van der Waals surface area contributed by atoms with Crippen LogP contribution in [0, 0.1) is 0 Å². The normalized spacial score (nSPS) is 18.3. The first-order valence-corrected chi connectivity index (χ1v) is 8.68. The van der Waals surface area contributed by atoms with E-state index < -0.39 is 0 Å². The molecule has 1 saturated heterocycles. The number of thioether (sulfide) groups is 1. The van der Waals surface area contributed by atoms with Crippen molar-refractivity contribution in [3.63, 3.8) is 0 Å². The number of nitrogens with zero attached hydrogens (tertiary/aromatic N) is 1. The van der Waals surface area contributed by atoms with Crippen molar-refractivity contribution in [1.29, 1.82) is 0 Å². The predicted octanol–water partition coefficient (Wildman–Crippen LogP) is -0.346. The van der Waals surface area contributed by atoms with E-state index >= 15 is 0 Å². The zero-order chi connectivity index (χ0) is 15.9. The second kappa shape index (κ2) is 8.17. The monoisotopic (exact) mass is 327 g/mol. The Morgan fingerprint density at radius 1 is 1.09 bits per heavy atom. The lowest BCUT2D eigenvalue weighted by Crippen LogP contribution is -2.40. The van der Waals surface area contributed by atoms with E-state index in [1.54, 1.807) is 0 Å². The highest BCUT2D eigenvalue weighted by atomic mass is 32.2. The summed E-state index contributed by atoms with van der Waals surface area (Å²) in [5, 5.41) is 5.56. The van der Waals surface area contributed by atoms with Crippen LogP contribution in [0.2, 0.25) is 0 Å². The van der Waals surface area contributed by atoms with Gasteiger partial charge in [0, 0.05) is 32.0 Å². The van der Waals surface area contributed by atoms with Gasteiger partial charge in [0.1, 0.15) is 0 Å². The minimum absolute atomic E-state index is 0.0317. The van der Waals surface area contributed by atoms with Crippen LogP contribution in [0.5, 0.6) is 0 Å². The Kier molecular flexibility index (Phi) is 6.23. The van der Waals surface area contributed by atoms with Gasteiger partial charge in [0.2, 0.25) is 23.6 Å². The van der Waals surface area contributed by atoms with E-state index in [9.17, 15) is 19.2 Å². The maximum Gasteiger partial charge on any atom is 0.230 e. The van der Waals surface area contributed by atoms with E-state index in [0.717, 1.165) is 12.8 Å². The standard InChI is InChI=1S/C14H21N3O4S/c18-11(8-22-9-12(19)16-10-2-1-3-10)15-6-7-17-13(20)4-5-14(17)21/h10H,1-9H2,(H,15,18)(H,16,19). The van der Waals surface area contributed by atoms with Crippen molar-refractivity contribution >= 4 is 35.4 Å². The van der Waals surface area contributed by atoms with E-state index in [-0.39, 0.29) is 61.1 Å². The SMILES string of the molecule is O=C(CSCC(=O)NC1CCC1)NCCN1C(=O)CCC1=O. The van der Waals surface area contributed by atoms with Gasteiger partial charge in [0.05, 0.1) is 11.5 Å². The molecule has 2 fully saturated rings. The van der Waals surface area contributed by atoms with Crippen LogP contribution in [0.1, 0.15) is 32.1 Å². The van der Waals surface area contributed by atoms with Gasteiger partial charge in [-0.05, 0) is 19.3 Å². The van der Waals surface area contributed by atoms with Crippen LogP contribution < -0.4 is 10.6 Å². The van der Waals surface area contributed by atoms with Crippen molar-refractivity contribution in [2.24, 2.45) is 0 Å². The molecule has 1 saturated carbocycles. The predicted molar refractivity (Wildman–Crippen MR) is 82.1 cm³/mol. The Hall–Kier alpha value is -1.57. The molecule has 0 atom stereocenters. The number of carbonyl (C=O) groups excluding carboxylic acids is 4. The molecule has 0 spiro atoms. The summed E-state index contributed by atoms with van der Waals surface area (Å²) in [5.74, 6) is -0.119. The Morgan fingerprint density at radius 3 is 2.32 bits per heavy atom. The highest BCUT2D eigenvalue weighted by molar-refractivity contribution is 8.00. The van der Waals surface area contributed by atoms with Gasteiger partial charge in [-0.15, -0.1) is 11.8 Å². The molecule has 7 nitrogen and oxygen atoms in total. The molecule has 22 heavy (non-hydrogen) atoms. The first-order valence-electron chi connectivity index (χ1n) is 7.53. The lowest BCUT2D eigenvalue weighted by atomic mass is 9.93. The van der Waals surface area contributed by atoms with Crippen LogP contribution in [0.15, 0.2) is 0 Å². The molecule has 8 heteroatoms. The summed E-state index contributed by atoms with van der Waals surface area (Å²) in [6, 6.07) is 0.317. The van der Waals surface area contributed by atoms with Crippen molar-refractivity contribution < 1.29 is 19.2 Å². The molecular formula is C14H21N3O4S. The lowest BCUT2D eigenvalue weighted by molar-refractivity contribution is -0.138. The van der Waals surface area contributed by atoms with Crippen LogP contribution in [0.25, 0.3) is 0 Å². The highest BCUT2D eigenvalue weighted by Gasteiger charge is 2.28. The number of amides is 4. The van der Waals surface area contributed by atoms with Gasteiger partial charge in [-0.25, -0.2) is 0 Å². The number of imide groups is 1. The fourth-order valence-electron chi connectivity index (χ4n) is 2.29. The van der Waals surface area contributed by atoms with Crippen LogP contribution in [0.4, 0.5) is 0 Å². The summed E-state index contributed by atoms with van der Waals surface area (Å²) >= 11 is 1.26. The third kappa shape index (κ3) is 5.01. The molecule has 0 unspecified atom stereocenters. The maximum atomic E-state index is 11.6. The number of rotatable bonds is 8. The summed E-state index contributed by atoms with van der Waals surface area (Å²) in [7, 11) is 0. The van der Waals surface area contributed by atoms with Gasteiger partial charge in [-0.2, -0.15) is 0 Å². The van der Waals surface area contributed by atoms with Gasteiger partial charge >= 0.3 is 0 Å².